The normalized spacial score (nSPS) is 15.1. The summed E-state index contributed by atoms with van der Waals surface area (Å²) in [4.78, 5) is 7.12. The molecule has 1 saturated heterocycles. The minimum atomic E-state index is -0.520. The summed E-state index contributed by atoms with van der Waals surface area (Å²) in [7, 11) is 0. The number of likely N-dealkylation sites (tertiary alicyclic amines) is 1. The quantitative estimate of drug-likeness (QED) is 0.177. The minimum Gasteiger partial charge on any atom is -0.371 e. The van der Waals surface area contributed by atoms with Gasteiger partial charge in [0.1, 0.15) is 17.6 Å². The van der Waals surface area contributed by atoms with Crippen molar-refractivity contribution in [1.29, 1.82) is 5.26 Å². The number of piperidine rings is 1. The predicted molar refractivity (Wildman–Crippen MR) is 183 cm³/mol. The predicted octanol–water partition coefficient (Wildman–Crippen LogP) is 9.18. The number of anilines is 3. The largest absolute Gasteiger partial charge is 0.371 e. The Labute approximate surface area is 282 Å². The van der Waals surface area contributed by atoms with Gasteiger partial charge in [-0.15, -0.1) is 5.10 Å². The maximum absolute atomic E-state index is 14.7. The average molecular weight is 678 g/mol. The van der Waals surface area contributed by atoms with Gasteiger partial charge in [-0.2, -0.15) is 5.26 Å². The number of rotatable bonds is 7. The van der Waals surface area contributed by atoms with Crippen molar-refractivity contribution in [2.24, 2.45) is 0 Å². The Morgan fingerprint density at radius 2 is 1.65 bits per heavy atom. The number of benzene rings is 3. The van der Waals surface area contributed by atoms with E-state index in [1.54, 1.807) is 12.1 Å². The third kappa shape index (κ3) is 6.76. The molecule has 0 aliphatic carbocycles. The van der Waals surface area contributed by atoms with E-state index in [0.717, 1.165) is 31.5 Å². The standard InChI is InChI=1S/C34H32Cl3FN8/c1-34(2,3)45-12-10-25(11-13-45)46-19-30(43-44-46)32(20-4-6-22(35)7-5-20)42-29-16-24(37)14-26-31(21(17-39)18-40-33(26)29)41-28-15-23(36)8-9-27(28)38/h4-9,14-16,18-19,25,32,42H,10-13H2,1-3H3,(H,40,41)/t32-/m0/s1. The van der Waals surface area contributed by atoms with Crippen LogP contribution in [0, 0.1) is 17.1 Å². The first-order valence-electron chi connectivity index (χ1n) is 14.9. The summed E-state index contributed by atoms with van der Waals surface area (Å²) in [5.74, 6) is -0.520. The molecule has 0 bridgehead atoms. The molecule has 3 aromatic carbocycles. The molecule has 6 rings (SSSR count). The van der Waals surface area contributed by atoms with Crippen LogP contribution in [0.15, 0.2) is 67.0 Å². The van der Waals surface area contributed by atoms with Gasteiger partial charge in [0, 0.05) is 45.3 Å². The fourth-order valence-corrected chi connectivity index (χ4v) is 6.38. The lowest BCUT2D eigenvalue weighted by Crippen LogP contribution is -2.46. The smallest absolute Gasteiger partial charge is 0.146 e. The van der Waals surface area contributed by atoms with E-state index in [-0.39, 0.29) is 22.8 Å². The molecule has 2 N–H and O–H groups in total. The average Bonchev–Trinajstić information content (AvgIpc) is 3.52. The van der Waals surface area contributed by atoms with Gasteiger partial charge in [-0.05, 0) is 81.6 Å². The number of aromatic nitrogens is 4. The van der Waals surface area contributed by atoms with Crippen LogP contribution in [-0.4, -0.2) is 43.5 Å². The molecule has 8 nitrogen and oxygen atoms in total. The Kier molecular flexibility index (Phi) is 9.08. The molecule has 12 heteroatoms. The Bertz CT molecular complexity index is 1920. The lowest BCUT2D eigenvalue weighted by atomic mass is 9.98. The van der Waals surface area contributed by atoms with Crippen molar-refractivity contribution in [2.75, 3.05) is 23.7 Å². The zero-order valence-corrected chi connectivity index (χ0v) is 27.8. The molecule has 236 valence electrons. The molecule has 3 heterocycles. The number of nitriles is 1. The maximum atomic E-state index is 14.7. The van der Waals surface area contributed by atoms with Crippen molar-refractivity contribution in [1.82, 2.24) is 24.9 Å². The first-order chi connectivity index (χ1) is 22.0. The highest BCUT2D eigenvalue weighted by Gasteiger charge is 2.29. The van der Waals surface area contributed by atoms with E-state index in [1.165, 1.54) is 24.4 Å². The number of hydrogen-bond acceptors (Lipinski definition) is 7. The van der Waals surface area contributed by atoms with Crippen LogP contribution in [0.2, 0.25) is 15.1 Å². The third-order valence-electron chi connectivity index (χ3n) is 8.36. The van der Waals surface area contributed by atoms with E-state index in [9.17, 15) is 9.65 Å². The van der Waals surface area contributed by atoms with Gasteiger partial charge in [-0.1, -0.05) is 52.1 Å². The summed E-state index contributed by atoms with van der Waals surface area (Å²) in [6, 6.07) is 17.1. The van der Waals surface area contributed by atoms with Gasteiger partial charge < -0.3 is 10.6 Å². The van der Waals surface area contributed by atoms with E-state index in [2.05, 4.69) is 57.7 Å². The molecule has 0 amide bonds. The van der Waals surface area contributed by atoms with Crippen LogP contribution < -0.4 is 10.6 Å². The van der Waals surface area contributed by atoms with Gasteiger partial charge in [0.2, 0.25) is 0 Å². The van der Waals surface area contributed by atoms with Gasteiger partial charge in [-0.25, -0.2) is 9.07 Å². The molecule has 5 aromatic rings. The third-order valence-corrected chi connectivity index (χ3v) is 9.06. The van der Waals surface area contributed by atoms with Crippen molar-refractivity contribution in [3.8, 4) is 6.07 Å². The van der Waals surface area contributed by atoms with Crippen LogP contribution in [-0.2, 0) is 0 Å². The highest BCUT2D eigenvalue weighted by molar-refractivity contribution is 6.32. The molecule has 0 saturated carbocycles. The van der Waals surface area contributed by atoms with E-state index in [1.807, 2.05) is 35.1 Å². The molecular weight excluding hydrogens is 646 g/mol. The lowest BCUT2D eigenvalue weighted by Gasteiger charge is -2.40. The van der Waals surface area contributed by atoms with Crippen LogP contribution in [0.4, 0.5) is 21.5 Å². The SMILES string of the molecule is CC(C)(C)N1CCC(n2cc([C@@H](Nc3cc(Cl)cc4c(Nc5cc(Cl)ccc5F)c(C#N)cnc34)c3ccc(Cl)cc3)nn2)CC1. The molecular formula is C34H32Cl3FN8. The van der Waals surface area contributed by atoms with E-state index < -0.39 is 11.9 Å². The monoisotopic (exact) mass is 676 g/mol. The summed E-state index contributed by atoms with van der Waals surface area (Å²) >= 11 is 19.1. The second-order valence-corrected chi connectivity index (χ2v) is 13.7. The molecule has 1 aliphatic rings. The second kappa shape index (κ2) is 13.0. The molecule has 0 radical (unpaired) electrons. The maximum Gasteiger partial charge on any atom is 0.146 e. The minimum absolute atomic E-state index is 0.120. The lowest BCUT2D eigenvalue weighted by molar-refractivity contribution is 0.0866. The zero-order valence-electron chi connectivity index (χ0n) is 25.5. The van der Waals surface area contributed by atoms with Crippen LogP contribution in [0.5, 0.6) is 0 Å². The fraction of sp³-hybridized carbons (Fsp3) is 0.294. The van der Waals surface area contributed by atoms with E-state index >= 15 is 0 Å². The first-order valence-corrected chi connectivity index (χ1v) is 16.1. The molecule has 1 aliphatic heterocycles. The summed E-state index contributed by atoms with van der Waals surface area (Å²) < 4.78 is 16.7. The Morgan fingerprint density at radius 3 is 2.35 bits per heavy atom. The Balaban J connectivity index is 1.38. The molecule has 0 unspecified atom stereocenters. The van der Waals surface area contributed by atoms with Gasteiger partial charge in [0.15, 0.2) is 0 Å². The Hall–Kier alpha value is -3.94. The number of halogens is 4. The van der Waals surface area contributed by atoms with Crippen LogP contribution in [0.25, 0.3) is 10.9 Å². The van der Waals surface area contributed by atoms with Crippen molar-refractivity contribution in [2.45, 2.75) is 51.2 Å². The molecule has 1 fully saturated rings. The van der Waals surface area contributed by atoms with E-state index in [4.69, 9.17) is 34.8 Å². The first kappa shape index (κ1) is 32.0. The topological polar surface area (TPSA) is 94.7 Å². The molecule has 0 spiro atoms. The van der Waals surface area contributed by atoms with Crippen molar-refractivity contribution < 1.29 is 4.39 Å². The number of hydrogen-bond donors (Lipinski definition) is 2. The second-order valence-electron chi connectivity index (χ2n) is 12.4. The Morgan fingerprint density at radius 1 is 0.957 bits per heavy atom. The van der Waals surface area contributed by atoms with Gasteiger partial charge in [0.25, 0.3) is 0 Å². The molecule has 2 aromatic heterocycles. The highest BCUT2D eigenvalue weighted by Crippen LogP contribution is 2.38. The van der Waals surface area contributed by atoms with Crippen LogP contribution in [0.1, 0.15) is 62.5 Å². The number of nitrogens with zero attached hydrogens (tertiary/aromatic N) is 6. The summed E-state index contributed by atoms with van der Waals surface area (Å²) in [6.07, 6.45) is 5.40. The van der Waals surface area contributed by atoms with Crippen LogP contribution in [0.3, 0.4) is 0 Å². The van der Waals surface area contributed by atoms with Crippen molar-refractivity contribution in [3.63, 3.8) is 0 Å². The van der Waals surface area contributed by atoms with E-state index in [0.29, 0.717) is 43.0 Å². The highest BCUT2D eigenvalue weighted by atomic mass is 35.5. The fourth-order valence-electron chi connectivity index (χ4n) is 5.87. The number of nitrogens with one attached hydrogen (secondary N) is 2. The van der Waals surface area contributed by atoms with Gasteiger partial charge in [0.05, 0.1) is 46.4 Å². The van der Waals surface area contributed by atoms with Crippen molar-refractivity contribution in [3.05, 3.63) is 105 Å². The number of pyridine rings is 1. The zero-order chi connectivity index (χ0) is 32.6. The van der Waals surface area contributed by atoms with Gasteiger partial charge >= 0.3 is 0 Å². The van der Waals surface area contributed by atoms with Crippen molar-refractivity contribution >= 4 is 62.8 Å². The summed E-state index contributed by atoms with van der Waals surface area (Å²) in [5.41, 5.74) is 3.55. The number of fused-ring (bicyclic) bond motifs is 1. The van der Waals surface area contributed by atoms with Crippen LogP contribution >= 0.6 is 34.8 Å². The molecule has 1 atom stereocenters. The van der Waals surface area contributed by atoms with Gasteiger partial charge in [-0.3, -0.25) is 9.88 Å². The molecule has 46 heavy (non-hydrogen) atoms. The summed E-state index contributed by atoms with van der Waals surface area (Å²) in [6.45, 7) is 8.71. The summed E-state index contributed by atoms with van der Waals surface area (Å²) in [5, 5.41) is 27.6.